The molecule has 3 rings (SSSR count). The Hall–Kier alpha value is -1.89. The number of rotatable bonds is 6. The van der Waals surface area contributed by atoms with E-state index in [9.17, 15) is 13.2 Å². The number of hydrogen-bond donors (Lipinski definition) is 1. The number of benzene rings is 2. The second-order valence-corrected chi connectivity index (χ2v) is 8.58. The molecule has 1 amide bonds. The Labute approximate surface area is 159 Å². The lowest BCUT2D eigenvalue weighted by Crippen LogP contribution is -2.46. The molecule has 1 aliphatic rings. The Morgan fingerprint density at radius 1 is 1.12 bits per heavy atom. The zero-order valence-corrected chi connectivity index (χ0v) is 15.8. The van der Waals surface area contributed by atoms with Gasteiger partial charge in [0.1, 0.15) is 6.04 Å². The first-order chi connectivity index (χ1) is 12.5. The molecule has 1 atom stereocenters. The molecule has 0 radical (unpaired) electrons. The van der Waals surface area contributed by atoms with Crippen LogP contribution >= 0.6 is 11.6 Å². The minimum absolute atomic E-state index is 0.158. The van der Waals surface area contributed by atoms with Crippen molar-refractivity contribution in [2.75, 3.05) is 13.1 Å². The number of hydrogen-bond acceptors (Lipinski definition) is 3. The van der Waals surface area contributed by atoms with Crippen LogP contribution < -0.4 is 5.32 Å². The molecule has 0 bridgehead atoms. The molecule has 0 saturated carbocycles. The van der Waals surface area contributed by atoms with Gasteiger partial charge in [0.15, 0.2) is 0 Å². The molecular formula is C19H21ClN2O3S. The second-order valence-electron chi connectivity index (χ2n) is 6.25. The summed E-state index contributed by atoms with van der Waals surface area (Å²) in [6, 6.07) is 15.2. The van der Waals surface area contributed by atoms with E-state index in [0.29, 0.717) is 37.4 Å². The van der Waals surface area contributed by atoms with Crippen molar-refractivity contribution in [3.63, 3.8) is 0 Å². The highest BCUT2D eigenvalue weighted by Gasteiger charge is 2.39. The van der Waals surface area contributed by atoms with Crippen LogP contribution in [0.5, 0.6) is 0 Å². The third-order valence-corrected chi connectivity index (χ3v) is 6.66. The summed E-state index contributed by atoms with van der Waals surface area (Å²) < 4.78 is 27.0. The SMILES string of the molecule is O=C(NCCc1ccccc1)[C@@H]1CCCN1S(=O)(=O)c1ccc(Cl)cc1. The van der Waals surface area contributed by atoms with Crippen LogP contribution in [-0.4, -0.2) is 37.8 Å². The third-order valence-electron chi connectivity index (χ3n) is 4.48. The van der Waals surface area contributed by atoms with Crippen molar-refractivity contribution >= 4 is 27.5 Å². The number of sulfonamides is 1. The molecule has 1 saturated heterocycles. The van der Waals surface area contributed by atoms with Crippen LogP contribution in [0.15, 0.2) is 59.5 Å². The Kier molecular flexibility index (Phi) is 5.96. The van der Waals surface area contributed by atoms with Gasteiger partial charge < -0.3 is 5.32 Å². The molecule has 0 spiro atoms. The van der Waals surface area contributed by atoms with E-state index in [1.54, 1.807) is 12.1 Å². The average molecular weight is 393 g/mol. The molecule has 1 fully saturated rings. The van der Waals surface area contributed by atoms with Crippen LogP contribution in [-0.2, 0) is 21.2 Å². The molecule has 5 nitrogen and oxygen atoms in total. The van der Waals surface area contributed by atoms with Gasteiger partial charge in [-0.25, -0.2) is 8.42 Å². The van der Waals surface area contributed by atoms with E-state index in [1.165, 1.54) is 16.4 Å². The van der Waals surface area contributed by atoms with E-state index in [4.69, 9.17) is 11.6 Å². The number of amides is 1. The maximum absolute atomic E-state index is 12.9. The standard InChI is InChI=1S/C19H21ClN2O3S/c20-16-8-10-17(11-9-16)26(24,25)22-14-4-7-18(22)19(23)21-13-12-15-5-2-1-3-6-15/h1-3,5-6,8-11,18H,4,7,12-14H2,(H,21,23)/t18-/m0/s1. The van der Waals surface area contributed by atoms with Crippen molar-refractivity contribution in [1.82, 2.24) is 9.62 Å². The first-order valence-corrected chi connectivity index (χ1v) is 10.4. The van der Waals surface area contributed by atoms with E-state index in [2.05, 4.69) is 5.32 Å². The maximum Gasteiger partial charge on any atom is 0.243 e. The topological polar surface area (TPSA) is 66.5 Å². The Balaban J connectivity index is 1.65. The van der Waals surface area contributed by atoms with E-state index in [0.717, 1.165) is 5.56 Å². The summed E-state index contributed by atoms with van der Waals surface area (Å²) in [6.07, 6.45) is 1.91. The first-order valence-electron chi connectivity index (χ1n) is 8.57. The van der Waals surface area contributed by atoms with E-state index < -0.39 is 16.1 Å². The van der Waals surface area contributed by atoms with Gasteiger partial charge in [-0.05, 0) is 49.1 Å². The molecule has 0 aliphatic carbocycles. The lowest BCUT2D eigenvalue weighted by atomic mass is 10.1. The molecule has 2 aromatic rings. The number of halogens is 1. The molecule has 0 unspecified atom stereocenters. The monoisotopic (exact) mass is 392 g/mol. The molecule has 2 aromatic carbocycles. The van der Waals surface area contributed by atoms with Crippen LogP contribution in [0.4, 0.5) is 0 Å². The molecule has 1 aliphatic heterocycles. The Morgan fingerprint density at radius 3 is 2.50 bits per heavy atom. The summed E-state index contributed by atoms with van der Waals surface area (Å²) in [5.74, 6) is -0.240. The molecule has 0 aromatic heterocycles. The van der Waals surface area contributed by atoms with Gasteiger partial charge in [-0.3, -0.25) is 4.79 Å². The van der Waals surface area contributed by atoms with Crippen molar-refractivity contribution < 1.29 is 13.2 Å². The third kappa shape index (κ3) is 4.26. The molecule has 1 N–H and O–H groups in total. The normalized spacial score (nSPS) is 18.0. The summed E-state index contributed by atoms with van der Waals surface area (Å²) in [5.41, 5.74) is 1.13. The number of carbonyl (C=O) groups excluding carboxylic acids is 1. The first kappa shape index (κ1) is 18.9. The maximum atomic E-state index is 12.9. The van der Waals surface area contributed by atoms with Gasteiger partial charge in [-0.2, -0.15) is 4.31 Å². The minimum Gasteiger partial charge on any atom is -0.354 e. The van der Waals surface area contributed by atoms with E-state index >= 15 is 0 Å². The van der Waals surface area contributed by atoms with Gasteiger partial charge in [0.25, 0.3) is 0 Å². The van der Waals surface area contributed by atoms with Crippen LogP contribution in [0.2, 0.25) is 5.02 Å². The van der Waals surface area contributed by atoms with E-state index in [1.807, 2.05) is 30.3 Å². The van der Waals surface area contributed by atoms with Crippen molar-refractivity contribution in [2.45, 2.75) is 30.2 Å². The highest BCUT2D eigenvalue weighted by molar-refractivity contribution is 7.89. The van der Waals surface area contributed by atoms with Crippen LogP contribution in [0.3, 0.4) is 0 Å². The van der Waals surface area contributed by atoms with Gasteiger partial charge in [0.05, 0.1) is 4.90 Å². The largest absolute Gasteiger partial charge is 0.354 e. The van der Waals surface area contributed by atoms with Crippen LogP contribution in [0.25, 0.3) is 0 Å². The predicted molar refractivity (Wildman–Crippen MR) is 102 cm³/mol. The fourth-order valence-electron chi connectivity index (χ4n) is 3.12. The Morgan fingerprint density at radius 2 is 1.81 bits per heavy atom. The van der Waals surface area contributed by atoms with Crippen molar-refractivity contribution in [3.8, 4) is 0 Å². The fourth-order valence-corrected chi connectivity index (χ4v) is 4.91. The summed E-state index contributed by atoms with van der Waals surface area (Å²) in [5, 5.41) is 3.34. The number of nitrogens with zero attached hydrogens (tertiary/aromatic N) is 1. The predicted octanol–water partition coefficient (Wildman–Crippen LogP) is 2.85. The molecule has 26 heavy (non-hydrogen) atoms. The number of nitrogens with one attached hydrogen (secondary N) is 1. The summed E-state index contributed by atoms with van der Waals surface area (Å²) in [4.78, 5) is 12.7. The molecule has 138 valence electrons. The van der Waals surface area contributed by atoms with E-state index in [-0.39, 0.29) is 10.8 Å². The second kappa shape index (κ2) is 8.20. The van der Waals surface area contributed by atoms with Gasteiger partial charge in [-0.1, -0.05) is 41.9 Å². The van der Waals surface area contributed by atoms with Crippen LogP contribution in [0, 0.1) is 0 Å². The molecule has 7 heteroatoms. The van der Waals surface area contributed by atoms with Gasteiger partial charge >= 0.3 is 0 Å². The van der Waals surface area contributed by atoms with Crippen molar-refractivity contribution in [2.24, 2.45) is 0 Å². The highest BCUT2D eigenvalue weighted by atomic mass is 35.5. The average Bonchev–Trinajstić information content (AvgIpc) is 3.14. The summed E-state index contributed by atoms with van der Waals surface area (Å²) in [7, 11) is -3.71. The van der Waals surface area contributed by atoms with Crippen LogP contribution in [0.1, 0.15) is 18.4 Å². The van der Waals surface area contributed by atoms with Crippen molar-refractivity contribution in [1.29, 1.82) is 0 Å². The smallest absolute Gasteiger partial charge is 0.243 e. The zero-order valence-electron chi connectivity index (χ0n) is 14.3. The van der Waals surface area contributed by atoms with Gasteiger partial charge in [0.2, 0.25) is 15.9 Å². The number of carbonyl (C=O) groups is 1. The lowest BCUT2D eigenvalue weighted by Gasteiger charge is -2.23. The molecular weight excluding hydrogens is 372 g/mol. The lowest BCUT2D eigenvalue weighted by molar-refractivity contribution is -0.124. The Bertz CT molecular complexity index is 854. The van der Waals surface area contributed by atoms with Gasteiger partial charge in [-0.15, -0.1) is 0 Å². The quantitative estimate of drug-likeness (QED) is 0.822. The fraction of sp³-hybridized carbons (Fsp3) is 0.316. The highest BCUT2D eigenvalue weighted by Crippen LogP contribution is 2.27. The zero-order chi connectivity index (χ0) is 18.6. The molecule has 1 heterocycles. The minimum atomic E-state index is -3.71. The van der Waals surface area contributed by atoms with Gasteiger partial charge in [0, 0.05) is 18.1 Å². The summed E-state index contributed by atoms with van der Waals surface area (Å²) >= 11 is 5.84. The van der Waals surface area contributed by atoms with Crippen molar-refractivity contribution in [3.05, 3.63) is 65.2 Å². The summed E-state index contributed by atoms with van der Waals surface area (Å²) in [6.45, 7) is 0.829.